The Kier molecular flexibility index (Phi) is 3.91. The van der Waals surface area contributed by atoms with Crippen molar-refractivity contribution in [1.29, 1.82) is 5.26 Å². The second-order valence-corrected chi connectivity index (χ2v) is 5.91. The van der Waals surface area contributed by atoms with Gasteiger partial charge in [0.25, 0.3) is 0 Å². The van der Waals surface area contributed by atoms with Crippen LogP contribution >= 0.6 is 22.7 Å². The zero-order valence-electron chi connectivity index (χ0n) is 10.8. The van der Waals surface area contributed by atoms with Gasteiger partial charge < -0.3 is 0 Å². The Morgan fingerprint density at radius 3 is 2.67 bits per heavy atom. The van der Waals surface area contributed by atoms with Crippen molar-refractivity contribution in [2.45, 2.75) is 0 Å². The van der Waals surface area contributed by atoms with Gasteiger partial charge in [-0.15, -0.1) is 11.3 Å². The minimum absolute atomic E-state index is 0.274. The third-order valence-corrected chi connectivity index (χ3v) is 4.43. The first-order valence-electron chi connectivity index (χ1n) is 6.12. The van der Waals surface area contributed by atoms with Crippen LogP contribution in [0.5, 0.6) is 0 Å². The molecule has 0 atom stereocenters. The molecule has 0 N–H and O–H groups in total. The number of allylic oxidation sites excluding steroid dienone is 1. The molecule has 5 heteroatoms. The Balaban J connectivity index is 1.94. The molecule has 0 saturated carbocycles. The van der Waals surface area contributed by atoms with Crippen LogP contribution < -0.4 is 0 Å². The first-order valence-corrected chi connectivity index (χ1v) is 7.94. The average molecular weight is 312 g/mol. The third kappa shape index (κ3) is 3.07. The number of thiazole rings is 1. The highest BCUT2D eigenvalue weighted by molar-refractivity contribution is 7.11. The molecule has 0 amide bonds. The second kappa shape index (κ2) is 6.00. The van der Waals surface area contributed by atoms with Crippen LogP contribution in [0.2, 0.25) is 0 Å². The maximum Gasteiger partial charge on any atom is 0.134 e. The van der Waals surface area contributed by atoms with Crippen LogP contribution in [0.25, 0.3) is 22.9 Å². The van der Waals surface area contributed by atoms with E-state index in [0.29, 0.717) is 10.6 Å². The Bertz CT molecular complexity index is 809. The third-order valence-electron chi connectivity index (χ3n) is 2.85. The highest BCUT2D eigenvalue weighted by Crippen LogP contribution is 2.27. The number of nitriles is 1. The van der Waals surface area contributed by atoms with Crippen molar-refractivity contribution < 1.29 is 4.39 Å². The van der Waals surface area contributed by atoms with Crippen LogP contribution in [-0.2, 0) is 0 Å². The van der Waals surface area contributed by atoms with Crippen molar-refractivity contribution >= 4 is 34.3 Å². The summed E-state index contributed by atoms with van der Waals surface area (Å²) in [5, 5.41) is 15.8. The lowest BCUT2D eigenvalue weighted by molar-refractivity contribution is 0.628. The molecule has 0 aliphatic heterocycles. The molecular weight excluding hydrogens is 303 g/mol. The summed E-state index contributed by atoms with van der Waals surface area (Å²) in [6.07, 6.45) is 1.82. The Hall–Kier alpha value is -2.29. The lowest BCUT2D eigenvalue weighted by Crippen LogP contribution is -1.82. The van der Waals surface area contributed by atoms with Gasteiger partial charge in [-0.3, -0.25) is 0 Å². The zero-order valence-corrected chi connectivity index (χ0v) is 12.4. The largest absolute Gasteiger partial charge is 0.235 e. The number of halogens is 1. The SMILES string of the molecule is N#CC(=Cc1ccsc1)c1nc(-c2ccc(F)cc2)cs1. The maximum absolute atomic E-state index is 12.9. The fraction of sp³-hybridized carbons (Fsp3) is 0. The summed E-state index contributed by atoms with van der Waals surface area (Å²) in [6.45, 7) is 0. The number of benzene rings is 1. The lowest BCUT2D eigenvalue weighted by atomic mass is 10.2. The van der Waals surface area contributed by atoms with E-state index in [1.54, 1.807) is 23.5 Å². The van der Waals surface area contributed by atoms with Crippen LogP contribution in [0.15, 0.2) is 46.5 Å². The number of rotatable bonds is 3. The molecule has 0 spiro atoms. The molecule has 0 unspecified atom stereocenters. The number of hydrogen-bond acceptors (Lipinski definition) is 4. The zero-order chi connectivity index (χ0) is 14.7. The molecule has 3 aromatic rings. The lowest BCUT2D eigenvalue weighted by Gasteiger charge is -1.96. The van der Waals surface area contributed by atoms with Crippen LogP contribution in [0.4, 0.5) is 4.39 Å². The van der Waals surface area contributed by atoms with E-state index in [4.69, 9.17) is 0 Å². The molecule has 0 aliphatic carbocycles. The fourth-order valence-corrected chi connectivity index (χ4v) is 3.23. The molecule has 102 valence electrons. The van der Waals surface area contributed by atoms with E-state index in [2.05, 4.69) is 11.1 Å². The summed E-state index contributed by atoms with van der Waals surface area (Å²) < 4.78 is 12.9. The molecule has 3 rings (SSSR count). The molecule has 21 heavy (non-hydrogen) atoms. The van der Waals surface area contributed by atoms with E-state index in [-0.39, 0.29) is 5.82 Å². The van der Waals surface area contributed by atoms with Crippen molar-refractivity contribution in [3.63, 3.8) is 0 Å². The van der Waals surface area contributed by atoms with Gasteiger partial charge in [0, 0.05) is 10.9 Å². The average Bonchev–Trinajstić information content (AvgIpc) is 3.17. The molecule has 1 aromatic carbocycles. The minimum atomic E-state index is -0.274. The predicted molar refractivity (Wildman–Crippen MR) is 85.3 cm³/mol. The van der Waals surface area contributed by atoms with Crippen molar-refractivity contribution in [2.24, 2.45) is 0 Å². The molecule has 0 aliphatic rings. The molecule has 0 radical (unpaired) electrons. The van der Waals surface area contributed by atoms with Gasteiger partial charge in [0.05, 0.1) is 11.3 Å². The van der Waals surface area contributed by atoms with E-state index in [0.717, 1.165) is 16.8 Å². The van der Waals surface area contributed by atoms with Gasteiger partial charge >= 0.3 is 0 Å². The molecule has 0 fully saturated rings. The smallest absolute Gasteiger partial charge is 0.134 e. The Labute approximate surface area is 129 Å². The van der Waals surface area contributed by atoms with E-state index >= 15 is 0 Å². The van der Waals surface area contributed by atoms with Gasteiger partial charge in [-0.25, -0.2) is 9.37 Å². The molecule has 0 saturated heterocycles. The highest BCUT2D eigenvalue weighted by Gasteiger charge is 2.09. The van der Waals surface area contributed by atoms with Crippen LogP contribution in [-0.4, -0.2) is 4.98 Å². The number of nitrogens with zero attached hydrogens (tertiary/aromatic N) is 2. The minimum Gasteiger partial charge on any atom is -0.235 e. The standard InChI is InChI=1S/C16H9FN2S2/c17-14-3-1-12(2-4-14)15-10-21-16(19-15)13(8-18)7-11-5-6-20-9-11/h1-7,9-10H. The van der Waals surface area contributed by atoms with Gasteiger partial charge in [-0.2, -0.15) is 16.6 Å². The predicted octanol–water partition coefficient (Wildman–Crippen LogP) is 5.07. The van der Waals surface area contributed by atoms with Crippen molar-refractivity contribution in [2.75, 3.05) is 0 Å². The molecule has 2 heterocycles. The van der Waals surface area contributed by atoms with Crippen molar-refractivity contribution in [3.8, 4) is 17.3 Å². The van der Waals surface area contributed by atoms with Gasteiger partial charge in [-0.05, 0) is 52.7 Å². The molecular formula is C16H9FN2S2. The van der Waals surface area contributed by atoms with E-state index < -0.39 is 0 Å². The first-order chi connectivity index (χ1) is 10.3. The van der Waals surface area contributed by atoms with Gasteiger partial charge in [0.1, 0.15) is 16.9 Å². The van der Waals surface area contributed by atoms with E-state index in [9.17, 15) is 9.65 Å². The summed E-state index contributed by atoms with van der Waals surface area (Å²) in [7, 11) is 0. The summed E-state index contributed by atoms with van der Waals surface area (Å²) >= 11 is 3.00. The van der Waals surface area contributed by atoms with Crippen LogP contribution in [0.3, 0.4) is 0 Å². The van der Waals surface area contributed by atoms with Crippen LogP contribution in [0, 0.1) is 17.1 Å². The number of hydrogen-bond donors (Lipinski definition) is 0. The van der Waals surface area contributed by atoms with E-state index in [1.807, 2.05) is 28.3 Å². The fourth-order valence-electron chi connectivity index (χ4n) is 1.82. The maximum atomic E-state index is 12.9. The summed E-state index contributed by atoms with van der Waals surface area (Å²) in [6, 6.07) is 10.3. The quantitative estimate of drug-likeness (QED) is 0.633. The highest BCUT2D eigenvalue weighted by atomic mass is 32.1. The molecule has 0 bridgehead atoms. The second-order valence-electron chi connectivity index (χ2n) is 4.27. The summed E-state index contributed by atoms with van der Waals surface area (Å²) in [5.41, 5.74) is 3.12. The van der Waals surface area contributed by atoms with E-state index in [1.165, 1.54) is 23.5 Å². The first kappa shape index (κ1) is 13.7. The topological polar surface area (TPSA) is 36.7 Å². The summed E-state index contributed by atoms with van der Waals surface area (Å²) in [4.78, 5) is 4.47. The number of thiophene rings is 1. The van der Waals surface area contributed by atoms with Crippen LogP contribution in [0.1, 0.15) is 10.6 Å². The van der Waals surface area contributed by atoms with Crippen molar-refractivity contribution in [1.82, 2.24) is 4.98 Å². The Morgan fingerprint density at radius 1 is 1.19 bits per heavy atom. The molecule has 2 aromatic heterocycles. The summed E-state index contributed by atoms with van der Waals surface area (Å²) in [5.74, 6) is -0.274. The Morgan fingerprint density at radius 2 is 2.00 bits per heavy atom. The molecule has 2 nitrogen and oxygen atoms in total. The normalized spacial score (nSPS) is 11.3. The van der Waals surface area contributed by atoms with Gasteiger partial charge in [0.2, 0.25) is 0 Å². The van der Waals surface area contributed by atoms with Gasteiger partial charge in [0.15, 0.2) is 0 Å². The van der Waals surface area contributed by atoms with Gasteiger partial charge in [-0.1, -0.05) is 0 Å². The number of aromatic nitrogens is 1. The monoisotopic (exact) mass is 312 g/mol. The van der Waals surface area contributed by atoms with Crippen molar-refractivity contribution in [3.05, 3.63) is 62.9 Å².